The topological polar surface area (TPSA) is 4.93 Å². The second-order valence-electron chi connectivity index (χ2n) is 11.7. The molecule has 0 unspecified atom stereocenters. The van der Waals surface area contributed by atoms with Gasteiger partial charge in [-0.05, 0) is 85.9 Å². The zero-order valence-corrected chi connectivity index (χ0v) is 24.6. The van der Waals surface area contributed by atoms with Crippen LogP contribution in [-0.2, 0) is 0 Å². The molecular weight excluding hydrogens is 551 g/mol. The minimum absolute atomic E-state index is 1.18. The van der Waals surface area contributed by atoms with E-state index in [4.69, 9.17) is 0 Å². The third kappa shape index (κ3) is 3.29. The Morgan fingerprint density at radius 2 is 0.886 bits per heavy atom. The first-order valence-electron chi connectivity index (χ1n) is 15.1. The lowest BCUT2D eigenvalue weighted by atomic mass is 9.92. The van der Waals surface area contributed by atoms with Crippen LogP contribution in [0.3, 0.4) is 0 Å². The van der Waals surface area contributed by atoms with E-state index < -0.39 is 0 Å². The molecular formula is C42H25NS. The van der Waals surface area contributed by atoms with Crippen LogP contribution >= 0.6 is 11.3 Å². The van der Waals surface area contributed by atoms with Gasteiger partial charge in [-0.3, -0.25) is 0 Å². The van der Waals surface area contributed by atoms with Crippen LogP contribution in [0.1, 0.15) is 0 Å². The minimum atomic E-state index is 1.18. The molecule has 2 aromatic heterocycles. The van der Waals surface area contributed by atoms with Crippen molar-refractivity contribution in [1.29, 1.82) is 0 Å². The van der Waals surface area contributed by atoms with Gasteiger partial charge in [0.2, 0.25) is 0 Å². The quantitative estimate of drug-likeness (QED) is 0.181. The van der Waals surface area contributed by atoms with Crippen LogP contribution in [0.4, 0.5) is 0 Å². The fraction of sp³-hybridized carbons (Fsp3) is 0. The SMILES string of the molecule is c1ccc(-n2c3ccc(-c4ccc5c6ccccc6c6ccccc6c5c4)cc3c3c4sc5ccccc5c4ccc32)cc1. The van der Waals surface area contributed by atoms with Gasteiger partial charge in [0, 0.05) is 36.6 Å². The average molecular weight is 576 g/mol. The van der Waals surface area contributed by atoms with Gasteiger partial charge < -0.3 is 4.57 Å². The van der Waals surface area contributed by atoms with E-state index in [9.17, 15) is 0 Å². The van der Waals surface area contributed by atoms with E-state index in [1.54, 1.807) is 0 Å². The summed E-state index contributed by atoms with van der Waals surface area (Å²) >= 11 is 1.91. The van der Waals surface area contributed by atoms with Crippen molar-refractivity contribution in [1.82, 2.24) is 4.57 Å². The fourth-order valence-electron chi connectivity index (χ4n) is 7.41. The first-order chi connectivity index (χ1) is 21.8. The number of aromatic nitrogens is 1. The van der Waals surface area contributed by atoms with Crippen molar-refractivity contribution in [2.45, 2.75) is 0 Å². The van der Waals surface area contributed by atoms with E-state index in [0.29, 0.717) is 0 Å². The largest absolute Gasteiger partial charge is 0.309 e. The van der Waals surface area contributed by atoms with Crippen molar-refractivity contribution in [2.24, 2.45) is 0 Å². The van der Waals surface area contributed by atoms with Gasteiger partial charge in [-0.25, -0.2) is 0 Å². The molecule has 0 spiro atoms. The van der Waals surface area contributed by atoms with Gasteiger partial charge in [-0.1, -0.05) is 109 Å². The summed E-state index contributed by atoms with van der Waals surface area (Å²) in [5.74, 6) is 0. The summed E-state index contributed by atoms with van der Waals surface area (Å²) in [6, 6.07) is 55.9. The second kappa shape index (κ2) is 9.03. The van der Waals surface area contributed by atoms with Crippen LogP contribution in [0.25, 0.3) is 91.1 Å². The smallest absolute Gasteiger partial charge is 0.0555 e. The Hall–Kier alpha value is -5.44. The highest BCUT2D eigenvalue weighted by atomic mass is 32.1. The van der Waals surface area contributed by atoms with E-state index in [1.165, 1.54) is 91.1 Å². The molecule has 0 N–H and O–H groups in total. The first-order valence-corrected chi connectivity index (χ1v) is 15.9. The molecule has 10 rings (SSSR count). The summed E-state index contributed by atoms with van der Waals surface area (Å²) in [6.07, 6.45) is 0. The number of rotatable bonds is 2. The number of hydrogen-bond donors (Lipinski definition) is 0. The van der Waals surface area contributed by atoms with Crippen LogP contribution in [0, 0.1) is 0 Å². The molecule has 44 heavy (non-hydrogen) atoms. The lowest BCUT2D eigenvalue weighted by Crippen LogP contribution is -1.92. The molecule has 8 aromatic carbocycles. The summed E-state index contributed by atoms with van der Waals surface area (Å²) in [7, 11) is 0. The normalized spacial score (nSPS) is 12.1. The van der Waals surface area contributed by atoms with Crippen molar-refractivity contribution in [3.63, 3.8) is 0 Å². The van der Waals surface area contributed by atoms with Crippen LogP contribution in [0.15, 0.2) is 152 Å². The maximum absolute atomic E-state index is 2.43. The number of para-hydroxylation sites is 1. The van der Waals surface area contributed by atoms with Crippen LogP contribution in [-0.4, -0.2) is 4.57 Å². The van der Waals surface area contributed by atoms with Crippen LogP contribution in [0.2, 0.25) is 0 Å². The standard InChI is InChI=1S/C42H25NS/c1-2-10-28(11-3-1)43-38-22-19-27(25-37(38)41-39(43)23-21-35-34-16-8-9-17-40(34)44-42(35)41)26-18-20-33-31-14-5-4-12-29(31)30-13-6-7-15-32(30)36(33)24-26/h1-25H. The molecule has 1 nitrogen and oxygen atoms in total. The number of nitrogens with zero attached hydrogens (tertiary/aromatic N) is 1. The lowest BCUT2D eigenvalue weighted by molar-refractivity contribution is 1.18. The molecule has 0 saturated carbocycles. The number of thiophene rings is 1. The maximum atomic E-state index is 2.43. The summed E-state index contributed by atoms with van der Waals surface area (Å²) in [5, 5.41) is 13.1. The Morgan fingerprint density at radius 1 is 0.364 bits per heavy atom. The van der Waals surface area contributed by atoms with Gasteiger partial charge in [-0.15, -0.1) is 11.3 Å². The van der Waals surface area contributed by atoms with Gasteiger partial charge in [0.25, 0.3) is 0 Å². The highest BCUT2D eigenvalue weighted by Gasteiger charge is 2.18. The molecule has 2 heterocycles. The Bertz CT molecular complexity index is 2730. The Balaban J connectivity index is 1.30. The Morgan fingerprint density at radius 3 is 1.61 bits per heavy atom. The van der Waals surface area contributed by atoms with E-state index in [1.807, 2.05) is 11.3 Å². The predicted molar refractivity (Wildman–Crippen MR) is 192 cm³/mol. The van der Waals surface area contributed by atoms with Crippen molar-refractivity contribution in [3.8, 4) is 16.8 Å². The van der Waals surface area contributed by atoms with E-state index in [0.717, 1.165) is 0 Å². The monoisotopic (exact) mass is 575 g/mol. The van der Waals surface area contributed by atoms with Gasteiger partial charge in [0.05, 0.1) is 11.0 Å². The van der Waals surface area contributed by atoms with Gasteiger partial charge >= 0.3 is 0 Å². The maximum Gasteiger partial charge on any atom is 0.0555 e. The molecule has 0 radical (unpaired) electrons. The third-order valence-electron chi connectivity index (χ3n) is 9.36. The molecule has 204 valence electrons. The number of hydrogen-bond acceptors (Lipinski definition) is 1. The first kappa shape index (κ1) is 24.0. The minimum Gasteiger partial charge on any atom is -0.309 e. The second-order valence-corrected chi connectivity index (χ2v) is 12.7. The zero-order chi connectivity index (χ0) is 28.8. The molecule has 0 saturated heterocycles. The van der Waals surface area contributed by atoms with Crippen molar-refractivity contribution in [2.75, 3.05) is 0 Å². The molecule has 0 amide bonds. The van der Waals surface area contributed by atoms with Crippen molar-refractivity contribution < 1.29 is 0 Å². The molecule has 10 aromatic rings. The van der Waals surface area contributed by atoms with Crippen LogP contribution in [0.5, 0.6) is 0 Å². The summed E-state index contributed by atoms with van der Waals surface area (Å²) in [5.41, 5.74) is 6.14. The number of benzene rings is 8. The number of fused-ring (bicyclic) bond motifs is 13. The molecule has 0 aliphatic rings. The van der Waals surface area contributed by atoms with E-state index in [-0.39, 0.29) is 0 Å². The summed E-state index contributed by atoms with van der Waals surface area (Å²) in [4.78, 5) is 0. The highest BCUT2D eigenvalue weighted by molar-refractivity contribution is 7.26. The zero-order valence-electron chi connectivity index (χ0n) is 23.8. The fourth-order valence-corrected chi connectivity index (χ4v) is 8.67. The molecule has 0 aliphatic heterocycles. The molecule has 2 heteroatoms. The van der Waals surface area contributed by atoms with Crippen LogP contribution < -0.4 is 0 Å². The van der Waals surface area contributed by atoms with Gasteiger partial charge in [-0.2, -0.15) is 0 Å². The highest BCUT2D eigenvalue weighted by Crippen LogP contribution is 2.44. The third-order valence-corrected chi connectivity index (χ3v) is 10.6. The van der Waals surface area contributed by atoms with Crippen molar-refractivity contribution >= 4 is 85.6 Å². The Kier molecular flexibility index (Phi) is 4.94. The van der Waals surface area contributed by atoms with E-state index >= 15 is 0 Å². The van der Waals surface area contributed by atoms with Gasteiger partial charge in [0.1, 0.15) is 0 Å². The molecule has 0 atom stereocenters. The summed E-state index contributed by atoms with van der Waals surface area (Å²) in [6.45, 7) is 0. The van der Waals surface area contributed by atoms with Crippen molar-refractivity contribution in [3.05, 3.63) is 152 Å². The lowest BCUT2D eigenvalue weighted by Gasteiger charge is -2.12. The van der Waals surface area contributed by atoms with Gasteiger partial charge in [0.15, 0.2) is 0 Å². The molecule has 0 bridgehead atoms. The summed E-state index contributed by atoms with van der Waals surface area (Å²) < 4.78 is 5.12. The average Bonchev–Trinajstić information content (AvgIpc) is 3.64. The predicted octanol–water partition coefficient (Wildman–Crippen LogP) is 12.3. The Labute approximate surface area is 257 Å². The molecule has 0 aliphatic carbocycles. The molecule has 0 fully saturated rings. The van der Waals surface area contributed by atoms with E-state index in [2.05, 4.69) is 156 Å².